The molecule has 9 heteroatoms. The summed E-state index contributed by atoms with van der Waals surface area (Å²) in [6.07, 6.45) is 4.95. The molecule has 0 spiro atoms. The zero-order chi connectivity index (χ0) is 18.8. The molecule has 2 saturated heterocycles. The quantitative estimate of drug-likeness (QED) is 0.613. The van der Waals surface area contributed by atoms with Gasteiger partial charge in [0.15, 0.2) is 5.82 Å². The molecule has 4 rings (SSSR count). The topological polar surface area (TPSA) is 126 Å². The van der Waals surface area contributed by atoms with Crippen molar-refractivity contribution in [2.75, 3.05) is 17.2 Å². The molecule has 2 aliphatic heterocycles. The van der Waals surface area contributed by atoms with E-state index in [9.17, 15) is 4.79 Å². The fraction of sp³-hybridized carbons (Fsp3) is 0.556. The summed E-state index contributed by atoms with van der Waals surface area (Å²) < 4.78 is 0. The van der Waals surface area contributed by atoms with Gasteiger partial charge in [-0.15, -0.1) is 0 Å². The average Bonchev–Trinajstić information content (AvgIpc) is 3.12. The third-order valence-corrected chi connectivity index (χ3v) is 5.41. The van der Waals surface area contributed by atoms with Crippen molar-refractivity contribution in [1.29, 1.82) is 5.26 Å². The molecule has 2 aliphatic rings. The van der Waals surface area contributed by atoms with Crippen LogP contribution in [0.25, 0.3) is 0 Å². The highest BCUT2D eigenvalue weighted by molar-refractivity contribution is 5.52. The number of nitriles is 1. The van der Waals surface area contributed by atoms with Crippen molar-refractivity contribution in [2.24, 2.45) is 0 Å². The van der Waals surface area contributed by atoms with Crippen LogP contribution < -0.4 is 16.2 Å². The highest BCUT2D eigenvalue weighted by Crippen LogP contribution is 2.36. The minimum Gasteiger partial charge on any atom is -0.353 e. The fourth-order valence-corrected chi connectivity index (χ4v) is 4.33. The van der Waals surface area contributed by atoms with Gasteiger partial charge in [0.1, 0.15) is 5.82 Å². The van der Waals surface area contributed by atoms with Gasteiger partial charge in [0.25, 0.3) is 5.56 Å². The number of H-pyrrole nitrogens is 2. The van der Waals surface area contributed by atoms with Gasteiger partial charge in [-0.25, -0.2) is 0 Å². The van der Waals surface area contributed by atoms with Gasteiger partial charge in [-0.2, -0.15) is 15.3 Å². The van der Waals surface area contributed by atoms with Crippen LogP contribution in [0.15, 0.2) is 16.9 Å². The van der Waals surface area contributed by atoms with Crippen molar-refractivity contribution in [3.8, 4) is 6.07 Å². The third-order valence-electron chi connectivity index (χ3n) is 5.41. The first kappa shape index (κ1) is 17.5. The molecule has 2 fully saturated rings. The molecule has 0 aliphatic carbocycles. The van der Waals surface area contributed by atoms with Crippen LogP contribution in [-0.2, 0) is 0 Å². The van der Waals surface area contributed by atoms with E-state index in [0.29, 0.717) is 36.1 Å². The number of aromatic nitrogens is 4. The molecule has 4 heterocycles. The van der Waals surface area contributed by atoms with Crippen molar-refractivity contribution in [3.05, 3.63) is 28.2 Å². The molecule has 27 heavy (non-hydrogen) atoms. The Morgan fingerprint density at radius 2 is 2.07 bits per heavy atom. The van der Waals surface area contributed by atoms with Crippen LogP contribution in [0.5, 0.6) is 0 Å². The van der Waals surface area contributed by atoms with E-state index < -0.39 is 0 Å². The van der Waals surface area contributed by atoms with E-state index in [1.165, 1.54) is 18.9 Å². The molecule has 4 N–H and O–H groups in total. The van der Waals surface area contributed by atoms with E-state index in [0.717, 1.165) is 25.1 Å². The Morgan fingerprint density at radius 1 is 1.30 bits per heavy atom. The number of nitrogens with zero attached hydrogens (tertiary/aromatic N) is 4. The van der Waals surface area contributed by atoms with Crippen molar-refractivity contribution < 1.29 is 0 Å². The lowest BCUT2D eigenvalue weighted by molar-refractivity contribution is 0.135. The second-order valence-electron chi connectivity index (χ2n) is 7.38. The van der Waals surface area contributed by atoms with Gasteiger partial charge in [0, 0.05) is 48.9 Å². The molecule has 142 valence electrons. The van der Waals surface area contributed by atoms with Gasteiger partial charge in [-0.05, 0) is 32.6 Å². The zero-order valence-electron chi connectivity index (χ0n) is 15.3. The van der Waals surface area contributed by atoms with Gasteiger partial charge >= 0.3 is 0 Å². The molecule has 9 nitrogen and oxygen atoms in total. The lowest BCUT2D eigenvalue weighted by atomic mass is 9.97. The first-order valence-electron chi connectivity index (χ1n) is 9.40. The first-order chi connectivity index (χ1) is 13.1. The maximum atomic E-state index is 12.0. The molecule has 2 bridgehead atoms. The van der Waals surface area contributed by atoms with E-state index in [1.807, 2.05) is 13.0 Å². The summed E-state index contributed by atoms with van der Waals surface area (Å²) >= 11 is 0. The van der Waals surface area contributed by atoms with Gasteiger partial charge < -0.3 is 10.6 Å². The molecule has 2 aromatic rings. The second-order valence-corrected chi connectivity index (χ2v) is 7.38. The summed E-state index contributed by atoms with van der Waals surface area (Å²) in [5.41, 5.74) is 0.719. The molecule has 2 aromatic heterocycles. The van der Waals surface area contributed by atoms with E-state index in [1.54, 1.807) is 0 Å². The van der Waals surface area contributed by atoms with Gasteiger partial charge in [0.2, 0.25) is 5.95 Å². The van der Waals surface area contributed by atoms with Crippen LogP contribution >= 0.6 is 0 Å². The van der Waals surface area contributed by atoms with Gasteiger partial charge in [-0.3, -0.25) is 19.8 Å². The molecule has 0 saturated carbocycles. The predicted molar refractivity (Wildman–Crippen MR) is 102 cm³/mol. The van der Waals surface area contributed by atoms with E-state index >= 15 is 0 Å². The number of nitrogens with one attached hydrogen (secondary N) is 4. The maximum absolute atomic E-state index is 12.0. The zero-order valence-corrected chi connectivity index (χ0v) is 15.3. The molecular formula is C18H24N8O. The van der Waals surface area contributed by atoms with Crippen LogP contribution in [0.4, 0.5) is 17.6 Å². The Morgan fingerprint density at radius 3 is 2.74 bits per heavy atom. The number of anilines is 3. The summed E-state index contributed by atoms with van der Waals surface area (Å²) in [7, 11) is 0. The smallest absolute Gasteiger partial charge is 0.254 e. The van der Waals surface area contributed by atoms with Crippen LogP contribution in [0.1, 0.15) is 37.8 Å². The number of fused-ring (bicyclic) bond motifs is 2. The summed E-state index contributed by atoms with van der Waals surface area (Å²) in [5.74, 6) is 1.56. The Balaban J connectivity index is 1.43. The van der Waals surface area contributed by atoms with Crippen LogP contribution in [-0.4, -0.2) is 49.7 Å². The number of hydrogen-bond acceptors (Lipinski definition) is 7. The van der Waals surface area contributed by atoms with Crippen molar-refractivity contribution in [3.63, 3.8) is 0 Å². The minimum atomic E-state index is -0.211. The summed E-state index contributed by atoms with van der Waals surface area (Å²) in [6, 6.07) is 6.81. The van der Waals surface area contributed by atoms with Crippen LogP contribution in [0.3, 0.4) is 0 Å². The fourth-order valence-electron chi connectivity index (χ4n) is 4.33. The molecule has 0 radical (unpaired) electrons. The summed E-state index contributed by atoms with van der Waals surface area (Å²) in [4.78, 5) is 21.8. The molecule has 0 aromatic carbocycles. The Labute approximate surface area is 157 Å². The lowest BCUT2D eigenvalue weighted by Crippen LogP contribution is -2.47. The number of aryl methyl sites for hydroxylation is 1. The van der Waals surface area contributed by atoms with Crippen molar-refractivity contribution in [1.82, 2.24) is 25.1 Å². The van der Waals surface area contributed by atoms with E-state index in [2.05, 4.69) is 41.8 Å². The van der Waals surface area contributed by atoms with Crippen LogP contribution in [0.2, 0.25) is 0 Å². The highest BCUT2D eigenvalue weighted by atomic mass is 16.1. The Hall–Kier alpha value is -2.86. The third kappa shape index (κ3) is 3.95. The molecule has 3 atom stereocenters. The number of aromatic amines is 2. The minimum absolute atomic E-state index is 0.211. The summed E-state index contributed by atoms with van der Waals surface area (Å²) in [6.45, 7) is 2.77. The normalized spacial score (nSPS) is 24.5. The number of hydrogen-bond donors (Lipinski definition) is 4. The largest absolute Gasteiger partial charge is 0.353 e. The Bertz CT molecular complexity index is 883. The standard InChI is InChI=1S/C18H24N8O/c1-11-7-16(25-24-11)21-15-10-17(27)23-18(22-15)20-12-8-13-3-4-14(9-12)26(13)6-2-5-19/h7,10,12-14H,2-4,6,8-9H2,1H3,(H4,20,21,22,23,24,25,27)/t12?,13-,14+. The SMILES string of the molecule is Cc1cc(Nc2cc(=O)[nH]c(NC3C[C@H]4CC[C@@H](C3)N4CCC#N)n2)n[nH]1. The number of piperidine rings is 1. The monoisotopic (exact) mass is 368 g/mol. The first-order valence-corrected chi connectivity index (χ1v) is 9.40. The molecule has 0 amide bonds. The summed E-state index contributed by atoms with van der Waals surface area (Å²) in [5, 5.41) is 22.3. The van der Waals surface area contributed by atoms with Gasteiger partial charge in [-0.1, -0.05) is 0 Å². The second kappa shape index (κ2) is 7.40. The van der Waals surface area contributed by atoms with Crippen molar-refractivity contribution in [2.45, 2.75) is 57.2 Å². The maximum Gasteiger partial charge on any atom is 0.254 e. The van der Waals surface area contributed by atoms with E-state index in [4.69, 9.17) is 5.26 Å². The molecule has 1 unspecified atom stereocenters. The lowest BCUT2D eigenvalue weighted by Gasteiger charge is -2.38. The van der Waals surface area contributed by atoms with Crippen LogP contribution in [0, 0.1) is 18.3 Å². The number of rotatable bonds is 6. The van der Waals surface area contributed by atoms with E-state index in [-0.39, 0.29) is 11.6 Å². The Kier molecular flexibility index (Phi) is 4.81. The van der Waals surface area contributed by atoms with Crippen molar-refractivity contribution >= 4 is 17.6 Å². The predicted octanol–water partition coefficient (Wildman–Crippen LogP) is 1.87. The highest BCUT2D eigenvalue weighted by Gasteiger charge is 2.40. The van der Waals surface area contributed by atoms with Gasteiger partial charge in [0.05, 0.1) is 6.07 Å². The molecular weight excluding hydrogens is 344 g/mol. The average molecular weight is 368 g/mol.